The molecule has 0 aromatic carbocycles. The Balaban J connectivity index is 2.43. The molecule has 1 fully saturated rings. The minimum Gasteiger partial charge on any atom is -0.459 e. The molecule has 1 amide bonds. The van der Waals surface area contributed by atoms with Crippen molar-refractivity contribution in [2.24, 2.45) is 0 Å². The SMILES string of the molecule is CC(C)(C)OC(=O)CN1CCC(Br)C1=O. The monoisotopic (exact) mass is 277 g/mol. The number of alkyl halides is 1. The van der Waals surface area contributed by atoms with Gasteiger partial charge >= 0.3 is 5.97 Å². The number of esters is 1. The van der Waals surface area contributed by atoms with Crippen molar-refractivity contribution in [1.82, 2.24) is 4.90 Å². The van der Waals surface area contributed by atoms with E-state index in [4.69, 9.17) is 4.74 Å². The zero-order valence-corrected chi connectivity index (χ0v) is 10.8. The second-order valence-electron chi connectivity index (χ2n) is 4.60. The molecule has 1 atom stereocenters. The standard InChI is InChI=1S/C10H16BrNO3/c1-10(2,3)15-8(13)6-12-5-4-7(11)9(12)14/h7H,4-6H2,1-3H3. The van der Waals surface area contributed by atoms with E-state index in [0.717, 1.165) is 6.42 Å². The maximum atomic E-state index is 11.5. The summed E-state index contributed by atoms with van der Waals surface area (Å²) in [7, 11) is 0. The average molecular weight is 278 g/mol. The third-order valence-electron chi connectivity index (χ3n) is 1.97. The van der Waals surface area contributed by atoms with Gasteiger partial charge in [-0.3, -0.25) is 9.59 Å². The van der Waals surface area contributed by atoms with Crippen LogP contribution in [-0.2, 0) is 14.3 Å². The minimum atomic E-state index is -0.492. The Morgan fingerprint density at radius 3 is 2.60 bits per heavy atom. The van der Waals surface area contributed by atoms with Gasteiger partial charge in [0.25, 0.3) is 0 Å². The highest BCUT2D eigenvalue weighted by molar-refractivity contribution is 9.10. The third-order valence-corrected chi connectivity index (χ3v) is 2.82. The predicted octanol–water partition coefficient (Wildman–Crippen LogP) is 1.32. The Morgan fingerprint density at radius 1 is 1.60 bits per heavy atom. The molecule has 0 aliphatic carbocycles. The summed E-state index contributed by atoms with van der Waals surface area (Å²) in [5.74, 6) is -0.377. The van der Waals surface area contributed by atoms with Crippen molar-refractivity contribution >= 4 is 27.8 Å². The van der Waals surface area contributed by atoms with Crippen LogP contribution in [0.15, 0.2) is 0 Å². The number of likely N-dealkylation sites (tertiary alicyclic amines) is 1. The predicted molar refractivity (Wildman–Crippen MR) is 59.8 cm³/mol. The smallest absolute Gasteiger partial charge is 0.326 e. The first kappa shape index (κ1) is 12.5. The Labute approximate surface area is 98.1 Å². The number of hydrogen-bond donors (Lipinski definition) is 0. The zero-order valence-electron chi connectivity index (χ0n) is 9.25. The van der Waals surface area contributed by atoms with Gasteiger partial charge in [-0.2, -0.15) is 0 Å². The van der Waals surface area contributed by atoms with Crippen LogP contribution in [0.1, 0.15) is 27.2 Å². The van der Waals surface area contributed by atoms with E-state index in [1.54, 1.807) is 0 Å². The van der Waals surface area contributed by atoms with Crippen molar-refractivity contribution in [3.8, 4) is 0 Å². The molecule has 1 unspecified atom stereocenters. The molecule has 0 aromatic heterocycles. The van der Waals surface area contributed by atoms with Gasteiger partial charge in [0, 0.05) is 6.54 Å². The Bertz CT molecular complexity index is 272. The number of ether oxygens (including phenoxy) is 1. The number of amides is 1. The summed E-state index contributed by atoms with van der Waals surface area (Å²) >= 11 is 3.25. The van der Waals surface area contributed by atoms with Crippen LogP contribution >= 0.6 is 15.9 Å². The molecule has 0 bridgehead atoms. The van der Waals surface area contributed by atoms with Crippen LogP contribution in [0.4, 0.5) is 0 Å². The molecule has 0 N–H and O–H groups in total. The lowest BCUT2D eigenvalue weighted by atomic mass is 10.2. The molecule has 86 valence electrons. The fourth-order valence-electron chi connectivity index (χ4n) is 1.39. The number of rotatable bonds is 2. The van der Waals surface area contributed by atoms with E-state index in [-0.39, 0.29) is 23.2 Å². The number of carbonyl (C=O) groups excluding carboxylic acids is 2. The van der Waals surface area contributed by atoms with Crippen LogP contribution < -0.4 is 0 Å². The average Bonchev–Trinajstić information content (AvgIpc) is 2.32. The van der Waals surface area contributed by atoms with Crippen LogP contribution in [0.2, 0.25) is 0 Å². The first-order valence-corrected chi connectivity index (χ1v) is 5.86. The molecule has 1 saturated heterocycles. The van der Waals surface area contributed by atoms with E-state index in [0.29, 0.717) is 6.54 Å². The molecular weight excluding hydrogens is 262 g/mol. The van der Waals surface area contributed by atoms with E-state index in [9.17, 15) is 9.59 Å². The highest BCUT2D eigenvalue weighted by atomic mass is 79.9. The Hall–Kier alpha value is -0.580. The van der Waals surface area contributed by atoms with Gasteiger partial charge in [0.1, 0.15) is 12.1 Å². The van der Waals surface area contributed by atoms with Crippen LogP contribution in [0, 0.1) is 0 Å². The topological polar surface area (TPSA) is 46.6 Å². The van der Waals surface area contributed by atoms with Gasteiger partial charge in [-0.05, 0) is 27.2 Å². The molecule has 0 radical (unpaired) electrons. The molecule has 5 heteroatoms. The van der Waals surface area contributed by atoms with Gasteiger partial charge in [-0.1, -0.05) is 15.9 Å². The van der Waals surface area contributed by atoms with Gasteiger partial charge in [-0.15, -0.1) is 0 Å². The molecule has 1 aliphatic rings. The summed E-state index contributed by atoms with van der Waals surface area (Å²) in [5.41, 5.74) is -0.492. The summed E-state index contributed by atoms with van der Waals surface area (Å²) in [4.78, 5) is 24.3. The highest BCUT2D eigenvalue weighted by Crippen LogP contribution is 2.18. The highest BCUT2D eigenvalue weighted by Gasteiger charge is 2.31. The van der Waals surface area contributed by atoms with E-state index in [2.05, 4.69) is 15.9 Å². The number of halogens is 1. The molecular formula is C10H16BrNO3. The van der Waals surface area contributed by atoms with Crippen molar-refractivity contribution in [3.63, 3.8) is 0 Å². The number of carbonyl (C=O) groups is 2. The second kappa shape index (κ2) is 4.51. The molecule has 1 aliphatic heterocycles. The lowest BCUT2D eigenvalue weighted by Gasteiger charge is -2.22. The number of hydrogen-bond acceptors (Lipinski definition) is 3. The van der Waals surface area contributed by atoms with Crippen molar-refractivity contribution in [3.05, 3.63) is 0 Å². The quantitative estimate of drug-likeness (QED) is 0.565. The van der Waals surface area contributed by atoms with Crippen molar-refractivity contribution in [2.75, 3.05) is 13.1 Å². The van der Waals surface area contributed by atoms with Crippen LogP contribution in [0.25, 0.3) is 0 Å². The number of nitrogens with zero attached hydrogens (tertiary/aromatic N) is 1. The Kier molecular flexibility index (Phi) is 3.76. The molecule has 0 spiro atoms. The fraction of sp³-hybridized carbons (Fsp3) is 0.800. The summed E-state index contributed by atoms with van der Waals surface area (Å²) in [6.45, 7) is 6.10. The minimum absolute atomic E-state index is 0.0270. The molecule has 4 nitrogen and oxygen atoms in total. The van der Waals surface area contributed by atoms with Crippen molar-refractivity contribution < 1.29 is 14.3 Å². The van der Waals surface area contributed by atoms with Gasteiger partial charge in [0.15, 0.2) is 0 Å². The van der Waals surface area contributed by atoms with Crippen LogP contribution in [0.5, 0.6) is 0 Å². The van der Waals surface area contributed by atoms with E-state index in [1.165, 1.54) is 4.90 Å². The first-order valence-electron chi connectivity index (χ1n) is 4.94. The third kappa shape index (κ3) is 3.81. The second-order valence-corrected chi connectivity index (χ2v) is 5.71. The van der Waals surface area contributed by atoms with Crippen molar-refractivity contribution in [1.29, 1.82) is 0 Å². The van der Waals surface area contributed by atoms with Gasteiger partial charge < -0.3 is 9.64 Å². The van der Waals surface area contributed by atoms with Crippen LogP contribution in [-0.4, -0.2) is 40.3 Å². The maximum Gasteiger partial charge on any atom is 0.326 e. The Morgan fingerprint density at radius 2 is 2.20 bits per heavy atom. The van der Waals surface area contributed by atoms with Gasteiger partial charge in [-0.25, -0.2) is 0 Å². The lowest BCUT2D eigenvalue weighted by molar-refractivity contribution is -0.157. The first-order chi connectivity index (χ1) is 6.79. The largest absolute Gasteiger partial charge is 0.459 e. The molecule has 1 heterocycles. The van der Waals surface area contributed by atoms with Crippen molar-refractivity contribution in [2.45, 2.75) is 37.6 Å². The molecule has 0 saturated carbocycles. The fourth-order valence-corrected chi connectivity index (χ4v) is 1.88. The molecule has 15 heavy (non-hydrogen) atoms. The van der Waals surface area contributed by atoms with E-state index >= 15 is 0 Å². The van der Waals surface area contributed by atoms with Gasteiger partial charge in [0.2, 0.25) is 5.91 Å². The maximum absolute atomic E-state index is 11.5. The van der Waals surface area contributed by atoms with Crippen LogP contribution in [0.3, 0.4) is 0 Å². The summed E-state index contributed by atoms with van der Waals surface area (Å²) in [5, 5.41) is 0. The summed E-state index contributed by atoms with van der Waals surface area (Å²) in [6.07, 6.45) is 0.752. The van der Waals surface area contributed by atoms with E-state index in [1.807, 2.05) is 20.8 Å². The summed E-state index contributed by atoms with van der Waals surface area (Å²) in [6, 6.07) is 0. The van der Waals surface area contributed by atoms with E-state index < -0.39 is 5.60 Å². The molecule has 1 rings (SSSR count). The normalized spacial score (nSPS) is 22.0. The zero-order chi connectivity index (χ0) is 11.6. The van der Waals surface area contributed by atoms with Gasteiger partial charge in [0.05, 0.1) is 4.83 Å². The lowest BCUT2D eigenvalue weighted by Crippen LogP contribution is -2.36. The summed E-state index contributed by atoms with van der Waals surface area (Å²) < 4.78 is 5.14. The molecule has 0 aromatic rings.